The SMILES string of the molecule is CCCCC(CC1CC1)NC(C)C. The first-order chi connectivity index (χ1) is 6.22. The molecule has 1 nitrogen and oxygen atoms in total. The van der Waals surface area contributed by atoms with Crippen molar-refractivity contribution < 1.29 is 0 Å². The molecule has 0 radical (unpaired) electrons. The van der Waals surface area contributed by atoms with Gasteiger partial charge >= 0.3 is 0 Å². The highest BCUT2D eigenvalue weighted by Crippen LogP contribution is 2.34. The number of hydrogen-bond acceptors (Lipinski definition) is 1. The van der Waals surface area contributed by atoms with Crippen LogP contribution in [0.5, 0.6) is 0 Å². The van der Waals surface area contributed by atoms with Crippen molar-refractivity contribution in [1.29, 1.82) is 0 Å². The molecule has 78 valence electrons. The van der Waals surface area contributed by atoms with Crippen molar-refractivity contribution in [1.82, 2.24) is 5.32 Å². The predicted octanol–water partition coefficient (Wildman–Crippen LogP) is 3.34. The monoisotopic (exact) mass is 183 g/mol. The van der Waals surface area contributed by atoms with E-state index in [1.54, 1.807) is 0 Å². The van der Waals surface area contributed by atoms with Crippen molar-refractivity contribution in [3.8, 4) is 0 Å². The minimum absolute atomic E-state index is 0.653. The molecule has 0 aromatic carbocycles. The van der Waals surface area contributed by atoms with Crippen LogP contribution in [0.25, 0.3) is 0 Å². The Bertz CT molecular complexity index is 123. The van der Waals surface area contributed by atoms with Crippen molar-refractivity contribution in [2.75, 3.05) is 0 Å². The third kappa shape index (κ3) is 5.30. The minimum atomic E-state index is 0.653. The molecule has 0 bridgehead atoms. The Morgan fingerprint density at radius 3 is 2.46 bits per heavy atom. The van der Waals surface area contributed by atoms with Crippen molar-refractivity contribution >= 4 is 0 Å². The van der Waals surface area contributed by atoms with Gasteiger partial charge in [0.25, 0.3) is 0 Å². The van der Waals surface area contributed by atoms with Gasteiger partial charge in [-0.05, 0) is 18.8 Å². The zero-order chi connectivity index (χ0) is 9.68. The van der Waals surface area contributed by atoms with Crippen LogP contribution in [0.2, 0.25) is 0 Å². The second-order valence-electron chi connectivity index (χ2n) is 4.84. The maximum absolute atomic E-state index is 3.69. The van der Waals surface area contributed by atoms with Crippen LogP contribution in [0, 0.1) is 5.92 Å². The Labute approximate surface area is 83.3 Å². The summed E-state index contributed by atoms with van der Waals surface area (Å²) in [5.74, 6) is 1.06. The lowest BCUT2D eigenvalue weighted by Crippen LogP contribution is -2.35. The molecule has 1 N–H and O–H groups in total. The molecule has 0 spiro atoms. The molecule has 0 saturated heterocycles. The Morgan fingerprint density at radius 1 is 1.31 bits per heavy atom. The van der Waals surface area contributed by atoms with Crippen LogP contribution >= 0.6 is 0 Å². The van der Waals surface area contributed by atoms with Crippen LogP contribution in [-0.4, -0.2) is 12.1 Å². The topological polar surface area (TPSA) is 12.0 Å². The van der Waals surface area contributed by atoms with E-state index in [1.807, 2.05) is 0 Å². The minimum Gasteiger partial charge on any atom is -0.312 e. The molecule has 0 amide bonds. The summed E-state index contributed by atoms with van der Waals surface area (Å²) in [7, 11) is 0. The molecule has 13 heavy (non-hydrogen) atoms. The lowest BCUT2D eigenvalue weighted by atomic mass is 10.0. The van der Waals surface area contributed by atoms with Gasteiger partial charge in [0.2, 0.25) is 0 Å². The Morgan fingerprint density at radius 2 is 2.00 bits per heavy atom. The molecule has 1 rings (SSSR count). The van der Waals surface area contributed by atoms with Crippen LogP contribution < -0.4 is 5.32 Å². The molecule has 0 aliphatic heterocycles. The highest BCUT2D eigenvalue weighted by atomic mass is 14.9. The fourth-order valence-electron chi connectivity index (χ4n) is 1.95. The van der Waals surface area contributed by atoms with Crippen molar-refractivity contribution in [2.24, 2.45) is 5.92 Å². The first kappa shape index (κ1) is 11.0. The van der Waals surface area contributed by atoms with Crippen LogP contribution in [0.4, 0.5) is 0 Å². The van der Waals surface area contributed by atoms with E-state index in [0.29, 0.717) is 6.04 Å². The zero-order valence-electron chi connectivity index (χ0n) is 9.47. The summed E-state index contributed by atoms with van der Waals surface area (Å²) in [6, 6.07) is 1.45. The van der Waals surface area contributed by atoms with Crippen LogP contribution in [0.1, 0.15) is 59.3 Å². The third-order valence-corrected chi connectivity index (χ3v) is 2.79. The van der Waals surface area contributed by atoms with Gasteiger partial charge in [-0.15, -0.1) is 0 Å². The van der Waals surface area contributed by atoms with Gasteiger partial charge in [0, 0.05) is 12.1 Å². The van der Waals surface area contributed by atoms with Crippen molar-refractivity contribution in [3.63, 3.8) is 0 Å². The van der Waals surface area contributed by atoms with E-state index in [2.05, 4.69) is 26.1 Å². The molecular weight excluding hydrogens is 158 g/mol. The van der Waals surface area contributed by atoms with E-state index in [1.165, 1.54) is 38.5 Å². The summed E-state index contributed by atoms with van der Waals surface area (Å²) in [5.41, 5.74) is 0. The molecular formula is C12H25N. The van der Waals surface area contributed by atoms with Gasteiger partial charge in [-0.25, -0.2) is 0 Å². The molecule has 0 heterocycles. The van der Waals surface area contributed by atoms with E-state index in [-0.39, 0.29) is 0 Å². The number of hydrogen-bond donors (Lipinski definition) is 1. The molecule has 1 fully saturated rings. The lowest BCUT2D eigenvalue weighted by molar-refractivity contribution is 0.391. The normalized spacial score (nSPS) is 19.4. The third-order valence-electron chi connectivity index (χ3n) is 2.79. The summed E-state index contributed by atoms with van der Waals surface area (Å²) >= 11 is 0. The molecule has 1 heteroatoms. The maximum Gasteiger partial charge on any atom is 0.00720 e. The van der Waals surface area contributed by atoms with E-state index in [9.17, 15) is 0 Å². The second kappa shape index (κ2) is 5.64. The summed E-state index contributed by atoms with van der Waals surface area (Å²) in [6.07, 6.45) is 8.51. The fourth-order valence-corrected chi connectivity index (χ4v) is 1.95. The molecule has 1 saturated carbocycles. The predicted molar refractivity (Wildman–Crippen MR) is 58.9 cm³/mol. The van der Waals surface area contributed by atoms with Crippen molar-refractivity contribution in [2.45, 2.75) is 71.4 Å². The molecule has 1 aliphatic rings. The van der Waals surface area contributed by atoms with Gasteiger partial charge in [0.05, 0.1) is 0 Å². The smallest absolute Gasteiger partial charge is 0.00720 e. The maximum atomic E-state index is 3.69. The summed E-state index contributed by atoms with van der Waals surface area (Å²) in [5, 5.41) is 3.69. The van der Waals surface area contributed by atoms with Crippen LogP contribution in [0.3, 0.4) is 0 Å². The van der Waals surface area contributed by atoms with E-state index in [0.717, 1.165) is 12.0 Å². The Balaban J connectivity index is 2.15. The standard InChI is InChI=1S/C12H25N/c1-4-5-6-12(13-10(2)3)9-11-7-8-11/h10-13H,4-9H2,1-3H3. The zero-order valence-corrected chi connectivity index (χ0v) is 9.47. The summed E-state index contributed by atoms with van der Waals surface area (Å²) in [4.78, 5) is 0. The van der Waals surface area contributed by atoms with Crippen molar-refractivity contribution in [3.05, 3.63) is 0 Å². The summed E-state index contributed by atoms with van der Waals surface area (Å²) in [6.45, 7) is 6.79. The van der Waals surface area contributed by atoms with Gasteiger partial charge in [-0.2, -0.15) is 0 Å². The van der Waals surface area contributed by atoms with Crippen LogP contribution in [-0.2, 0) is 0 Å². The van der Waals surface area contributed by atoms with E-state index >= 15 is 0 Å². The second-order valence-corrected chi connectivity index (χ2v) is 4.84. The average Bonchev–Trinajstić information content (AvgIpc) is 2.83. The molecule has 0 aromatic rings. The first-order valence-electron chi connectivity index (χ1n) is 5.98. The number of unbranched alkanes of at least 4 members (excludes halogenated alkanes) is 1. The van der Waals surface area contributed by atoms with Gasteiger partial charge in [-0.3, -0.25) is 0 Å². The van der Waals surface area contributed by atoms with Gasteiger partial charge in [0.15, 0.2) is 0 Å². The highest BCUT2D eigenvalue weighted by molar-refractivity contribution is 4.80. The quantitative estimate of drug-likeness (QED) is 0.638. The fraction of sp³-hybridized carbons (Fsp3) is 1.00. The lowest BCUT2D eigenvalue weighted by Gasteiger charge is -2.20. The van der Waals surface area contributed by atoms with E-state index < -0.39 is 0 Å². The van der Waals surface area contributed by atoms with Gasteiger partial charge < -0.3 is 5.32 Å². The van der Waals surface area contributed by atoms with Gasteiger partial charge in [0.1, 0.15) is 0 Å². The molecule has 1 unspecified atom stereocenters. The largest absolute Gasteiger partial charge is 0.312 e. The van der Waals surface area contributed by atoms with Gasteiger partial charge in [-0.1, -0.05) is 46.5 Å². The van der Waals surface area contributed by atoms with E-state index in [4.69, 9.17) is 0 Å². The Kier molecular flexibility index (Phi) is 4.79. The molecule has 1 aliphatic carbocycles. The summed E-state index contributed by atoms with van der Waals surface area (Å²) < 4.78 is 0. The average molecular weight is 183 g/mol. The highest BCUT2D eigenvalue weighted by Gasteiger charge is 2.25. The first-order valence-corrected chi connectivity index (χ1v) is 5.98. The Hall–Kier alpha value is -0.0400. The number of rotatable bonds is 7. The molecule has 1 atom stereocenters. The van der Waals surface area contributed by atoms with Crippen LogP contribution in [0.15, 0.2) is 0 Å². The number of nitrogens with one attached hydrogen (secondary N) is 1. The molecule has 0 aromatic heterocycles.